The summed E-state index contributed by atoms with van der Waals surface area (Å²) in [6, 6.07) is 18.0. The molecule has 2 rings (SSSR count). The Labute approximate surface area is 119 Å². The number of nitrogens with zero attached hydrogens (tertiary/aromatic N) is 1. The van der Waals surface area contributed by atoms with Crippen molar-refractivity contribution in [3.63, 3.8) is 0 Å². The van der Waals surface area contributed by atoms with Gasteiger partial charge in [0.2, 0.25) is 0 Å². The van der Waals surface area contributed by atoms with E-state index in [1.165, 1.54) is 5.56 Å². The third-order valence-corrected chi connectivity index (χ3v) is 3.28. The summed E-state index contributed by atoms with van der Waals surface area (Å²) in [5.41, 5.74) is 2.93. The Morgan fingerprint density at radius 3 is 2.25 bits per heavy atom. The molecule has 3 nitrogen and oxygen atoms in total. The van der Waals surface area contributed by atoms with Crippen molar-refractivity contribution in [2.24, 2.45) is 0 Å². The minimum atomic E-state index is 0.233. The Hall–Kier alpha value is -2.47. The van der Waals surface area contributed by atoms with Crippen LogP contribution in [-0.2, 0) is 0 Å². The normalized spacial score (nSPS) is 11.4. The van der Waals surface area contributed by atoms with Gasteiger partial charge in [0.05, 0.1) is 24.8 Å². The average Bonchev–Trinajstić information content (AvgIpc) is 2.53. The Morgan fingerprint density at radius 2 is 1.75 bits per heavy atom. The summed E-state index contributed by atoms with van der Waals surface area (Å²) in [4.78, 5) is 0. The maximum Gasteiger partial charge on any atom is 0.119 e. The number of nitrogens with one attached hydrogen (secondary N) is 1. The third-order valence-electron chi connectivity index (χ3n) is 3.28. The molecule has 1 unspecified atom stereocenters. The van der Waals surface area contributed by atoms with Gasteiger partial charge in [-0.05, 0) is 48.4 Å². The van der Waals surface area contributed by atoms with Crippen LogP contribution in [0.5, 0.6) is 5.75 Å². The van der Waals surface area contributed by atoms with E-state index in [9.17, 15) is 0 Å². The number of benzene rings is 2. The van der Waals surface area contributed by atoms with Crippen molar-refractivity contribution in [2.45, 2.75) is 19.4 Å². The van der Waals surface area contributed by atoms with E-state index < -0.39 is 0 Å². The van der Waals surface area contributed by atoms with Crippen molar-refractivity contribution < 1.29 is 4.74 Å². The lowest BCUT2D eigenvalue weighted by molar-refractivity contribution is 0.415. The maximum atomic E-state index is 8.83. The fourth-order valence-electron chi connectivity index (χ4n) is 2.10. The summed E-state index contributed by atoms with van der Waals surface area (Å²) >= 11 is 0. The van der Waals surface area contributed by atoms with Gasteiger partial charge in [-0.2, -0.15) is 5.26 Å². The van der Waals surface area contributed by atoms with Crippen molar-refractivity contribution in [1.82, 2.24) is 0 Å². The first-order chi connectivity index (χ1) is 9.76. The number of nitriles is 1. The van der Waals surface area contributed by atoms with Crippen molar-refractivity contribution in [3.05, 3.63) is 59.7 Å². The molecule has 1 atom stereocenters. The summed E-state index contributed by atoms with van der Waals surface area (Å²) in [5.74, 6) is 0.849. The molecule has 1 N–H and O–H groups in total. The fourth-order valence-corrected chi connectivity index (χ4v) is 2.10. The van der Waals surface area contributed by atoms with E-state index in [0.717, 1.165) is 17.9 Å². The molecule has 0 heterocycles. The highest BCUT2D eigenvalue weighted by Gasteiger charge is 2.09. The lowest BCUT2D eigenvalue weighted by atomic mass is 10.0. The van der Waals surface area contributed by atoms with Crippen LogP contribution in [0, 0.1) is 11.3 Å². The SMILES string of the molecule is CCC(Nc1ccc(OC)cc1)c1ccc(C#N)cc1. The van der Waals surface area contributed by atoms with Gasteiger partial charge in [-0.3, -0.25) is 0 Å². The second kappa shape index (κ2) is 6.63. The molecule has 0 spiro atoms. The first-order valence-corrected chi connectivity index (χ1v) is 6.67. The van der Waals surface area contributed by atoms with Gasteiger partial charge in [-0.15, -0.1) is 0 Å². The Kier molecular flexibility index (Phi) is 4.62. The monoisotopic (exact) mass is 266 g/mol. The number of hydrogen-bond acceptors (Lipinski definition) is 3. The standard InChI is InChI=1S/C17H18N2O/c1-3-17(14-6-4-13(12-18)5-7-14)19-15-8-10-16(20-2)11-9-15/h4-11,17,19H,3H2,1-2H3. The zero-order valence-electron chi connectivity index (χ0n) is 11.8. The van der Waals surface area contributed by atoms with Crippen LogP contribution < -0.4 is 10.1 Å². The highest BCUT2D eigenvalue weighted by atomic mass is 16.5. The van der Waals surface area contributed by atoms with Crippen LogP contribution in [0.15, 0.2) is 48.5 Å². The molecule has 2 aromatic rings. The molecule has 2 aromatic carbocycles. The van der Waals surface area contributed by atoms with Crippen LogP contribution in [-0.4, -0.2) is 7.11 Å². The first kappa shape index (κ1) is 14.0. The van der Waals surface area contributed by atoms with Crippen molar-refractivity contribution >= 4 is 5.69 Å². The fraction of sp³-hybridized carbons (Fsp3) is 0.235. The quantitative estimate of drug-likeness (QED) is 0.885. The summed E-state index contributed by atoms with van der Waals surface area (Å²) < 4.78 is 5.15. The van der Waals surface area contributed by atoms with Crippen LogP contribution in [0.3, 0.4) is 0 Å². The van der Waals surface area contributed by atoms with Gasteiger partial charge in [-0.1, -0.05) is 19.1 Å². The van der Waals surface area contributed by atoms with Gasteiger partial charge >= 0.3 is 0 Å². The lowest BCUT2D eigenvalue weighted by Gasteiger charge is -2.19. The predicted octanol–water partition coefficient (Wildman–Crippen LogP) is 4.13. The smallest absolute Gasteiger partial charge is 0.119 e. The van der Waals surface area contributed by atoms with E-state index >= 15 is 0 Å². The minimum Gasteiger partial charge on any atom is -0.497 e. The second-order valence-corrected chi connectivity index (χ2v) is 4.57. The molecular weight excluding hydrogens is 248 g/mol. The molecule has 0 amide bonds. The molecule has 0 radical (unpaired) electrons. The lowest BCUT2D eigenvalue weighted by Crippen LogP contribution is -2.09. The molecule has 102 valence electrons. The summed E-state index contributed by atoms with van der Waals surface area (Å²) in [5, 5.41) is 12.3. The van der Waals surface area contributed by atoms with Crippen LogP contribution >= 0.6 is 0 Å². The topological polar surface area (TPSA) is 45.0 Å². The number of anilines is 1. The molecule has 0 saturated carbocycles. The zero-order chi connectivity index (χ0) is 14.4. The van der Waals surface area contributed by atoms with E-state index in [2.05, 4.69) is 18.3 Å². The molecule has 0 aliphatic rings. The molecular formula is C17H18N2O. The zero-order valence-corrected chi connectivity index (χ0v) is 11.8. The van der Waals surface area contributed by atoms with Gasteiger partial charge in [-0.25, -0.2) is 0 Å². The van der Waals surface area contributed by atoms with Crippen LogP contribution in [0.2, 0.25) is 0 Å². The van der Waals surface area contributed by atoms with E-state index in [1.807, 2.05) is 48.5 Å². The second-order valence-electron chi connectivity index (χ2n) is 4.57. The summed E-state index contributed by atoms with van der Waals surface area (Å²) in [7, 11) is 1.66. The highest BCUT2D eigenvalue weighted by Crippen LogP contribution is 2.24. The Morgan fingerprint density at radius 1 is 1.10 bits per heavy atom. The Balaban J connectivity index is 2.12. The number of rotatable bonds is 5. The largest absolute Gasteiger partial charge is 0.497 e. The van der Waals surface area contributed by atoms with E-state index in [0.29, 0.717) is 5.56 Å². The van der Waals surface area contributed by atoms with E-state index in [-0.39, 0.29) is 6.04 Å². The van der Waals surface area contributed by atoms with Gasteiger partial charge in [0, 0.05) is 5.69 Å². The first-order valence-electron chi connectivity index (χ1n) is 6.67. The molecule has 0 saturated heterocycles. The van der Waals surface area contributed by atoms with Crippen LogP contribution in [0.4, 0.5) is 5.69 Å². The maximum absolute atomic E-state index is 8.83. The van der Waals surface area contributed by atoms with E-state index in [1.54, 1.807) is 7.11 Å². The third kappa shape index (κ3) is 3.30. The Bertz CT molecular complexity index is 582. The molecule has 0 fully saturated rings. The van der Waals surface area contributed by atoms with Gasteiger partial charge < -0.3 is 10.1 Å². The summed E-state index contributed by atoms with van der Waals surface area (Å²) in [6.07, 6.45) is 0.970. The summed E-state index contributed by atoms with van der Waals surface area (Å²) in [6.45, 7) is 2.14. The molecule has 0 bridgehead atoms. The van der Waals surface area contributed by atoms with Crippen LogP contribution in [0.25, 0.3) is 0 Å². The minimum absolute atomic E-state index is 0.233. The van der Waals surface area contributed by atoms with Crippen LogP contribution in [0.1, 0.15) is 30.5 Å². The molecule has 20 heavy (non-hydrogen) atoms. The molecule has 0 aliphatic carbocycles. The van der Waals surface area contributed by atoms with Crippen molar-refractivity contribution in [1.29, 1.82) is 5.26 Å². The number of hydrogen-bond donors (Lipinski definition) is 1. The van der Waals surface area contributed by atoms with Crippen molar-refractivity contribution in [2.75, 3.05) is 12.4 Å². The molecule has 0 aromatic heterocycles. The molecule has 0 aliphatic heterocycles. The molecule has 3 heteroatoms. The van der Waals surface area contributed by atoms with Gasteiger partial charge in [0.25, 0.3) is 0 Å². The van der Waals surface area contributed by atoms with Gasteiger partial charge in [0.15, 0.2) is 0 Å². The van der Waals surface area contributed by atoms with Gasteiger partial charge in [0.1, 0.15) is 5.75 Å². The number of ether oxygens (including phenoxy) is 1. The predicted molar refractivity (Wildman–Crippen MR) is 80.8 cm³/mol. The average molecular weight is 266 g/mol. The van der Waals surface area contributed by atoms with E-state index in [4.69, 9.17) is 10.00 Å². The number of methoxy groups -OCH3 is 1. The highest BCUT2D eigenvalue weighted by molar-refractivity contribution is 5.48. The van der Waals surface area contributed by atoms with Crippen molar-refractivity contribution in [3.8, 4) is 11.8 Å².